The summed E-state index contributed by atoms with van der Waals surface area (Å²) >= 11 is 0. The van der Waals surface area contributed by atoms with Crippen molar-refractivity contribution in [3.63, 3.8) is 0 Å². The molecular formula is C21H32O3. The first-order valence-electron chi connectivity index (χ1n) is 9.01. The number of rotatable bonds is 8. The van der Waals surface area contributed by atoms with Gasteiger partial charge in [0.05, 0.1) is 5.92 Å². The standard InChI is InChI=1S/C21H32O3/c1-6-8-18-14-19(22)13-17(5)20(18)21(23)24-12-11-16(4)10-7-9-15(2)3/h9,11,13,18,20H,6-8,10,12,14H2,1-5H3. The number of carbonyl (C=O) groups excluding carboxylic acids is 2. The second-order valence-corrected chi connectivity index (χ2v) is 7.09. The Kier molecular flexibility index (Phi) is 8.73. The van der Waals surface area contributed by atoms with E-state index < -0.39 is 0 Å². The van der Waals surface area contributed by atoms with Crippen LogP contribution in [0.2, 0.25) is 0 Å². The molecule has 24 heavy (non-hydrogen) atoms. The molecule has 3 heteroatoms. The van der Waals surface area contributed by atoms with Gasteiger partial charge in [0, 0.05) is 6.42 Å². The predicted molar refractivity (Wildman–Crippen MR) is 98.7 cm³/mol. The van der Waals surface area contributed by atoms with Gasteiger partial charge in [-0.25, -0.2) is 0 Å². The average molecular weight is 332 g/mol. The normalized spacial score (nSPS) is 21.3. The molecule has 0 saturated heterocycles. The summed E-state index contributed by atoms with van der Waals surface area (Å²) in [6.07, 6.45) is 10.1. The Balaban J connectivity index is 2.57. The molecule has 0 fully saturated rings. The first-order chi connectivity index (χ1) is 11.3. The number of carbonyl (C=O) groups is 2. The van der Waals surface area contributed by atoms with Gasteiger partial charge >= 0.3 is 5.97 Å². The number of ether oxygens (including phenoxy) is 1. The predicted octanol–water partition coefficient (Wildman–Crippen LogP) is 5.17. The molecule has 0 aliphatic heterocycles. The van der Waals surface area contributed by atoms with Crippen LogP contribution in [-0.2, 0) is 14.3 Å². The van der Waals surface area contributed by atoms with Crippen molar-refractivity contribution >= 4 is 11.8 Å². The molecule has 0 N–H and O–H groups in total. The fourth-order valence-electron chi connectivity index (χ4n) is 3.21. The molecule has 0 radical (unpaired) electrons. The minimum atomic E-state index is -0.262. The summed E-state index contributed by atoms with van der Waals surface area (Å²) in [7, 11) is 0. The summed E-state index contributed by atoms with van der Waals surface area (Å²) in [4.78, 5) is 24.2. The van der Waals surface area contributed by atoms with Gasteiger partial charge < -0.3 is 4.74 Å². The van der Waals surface area contributed by atoms with E-state index in [0.29, 0.717) is 13.0 Å². The van der Waals surface area contributed by atoms with Crippen molar-refractivity contribution in [1.29, 1.82) is 0 Å². The summed E-state index contributed by atoms with van der Waals surface area (Å²) in [6.45, 7) is 10.5. The van der Waals surface area contributed by atoms with Gasteiger partial charge in [-0.2, -0.15) is 0 Å². The van der Waals surface area contributed by atoms with Crippen LogP contribution in [0.5, 0.6) is 0 Å². The molecule has 0 aromatic carbocycles. The zero-order valence-electron chi connectivity index (χ0n) is 15.9. The van der Waals surface area contributed by atoms with Crippen LogP contribution >= 0.6 is 0 Å². The van der Waals surface area contributed by atoms with Crippen LogP contribution in [0.15, 0.2) is 34.9 Å². The molecule has 2 unspecified atom stereocenters. The highest BCUT2D eigenvalue weighted by Crippen LogP contribution is 2.33. The Bertz CT molecular complexity index is 533. The maximum atomic E-state index is 12.5. The van der Waals surface area contributed by atoms with Crippen molar-refractivity contribution < 1.29 is 14.3 Å². The van der Waals surface area contributed by atoms with Crippen molar-refractivity contribution in [2.45, 2.75) is 66.7 Å². The molecule has 0 spiro atoms. The smallest absolute Gasteiger partial charge is 0.313 e. The minimum absolute atomic E-state index is 0.0859. The van der Waals surface area contributed by atoms with Crippen molar-refractivity contribution in [3.8, 4) is 0 Å². The highest BCUT2D eigenvalue weighted by molar-refractivity contribution is 5.94. The second-order valence-electron chi connectivity index (χ2n) is 7.09. The maximum absolute atomic E-state index is 12.5. The first kappa shape index (κ1) is 20.4. The van der Waals surface area contributed by atoms with Gasteiger partial charge in [0.15, 0.2) is 5.78 Å². The molecular weight excluding hydrogens is 300 g/mol. The van der Waals surface area contributed by atoms with Gasteiger partial charge in [0.2, 0.25) is 0 Å². The molecule has 0 bridgehead atoms. The number of hydrogen-bond acceptors (Lipinski definition) is 3. The van der Waals surface area contributed by atoms with E-state index in [1.807, 2.05) is 13.0 Å². The van der Waals surface area contributed by atoms with Gasteiger partial charge in [0.1, 0.15) is 6.61 Å². The third-order valence-electron chi connectivity index (χ3n) is 4.48. The van der Waals surface area contributed by atoms with Crippen LogP contribution in [0.4, 0.5) is 0 Å². The van der Waals surface area contributed by atoms with Crippen molar-refractivity contribution in [2.75, 3.05) is 6.61 Å². The SMILES string of the molecule is CCCC1CC(=O)C=C(C)C1C(=O)OCC=C(C)CCC=C(C)C. The fraction of sp³-hybridized carbons (Fsp3) is 0.619. The molecule has 3 nitrogen and oxygen atoms in total. The molecule has 2 atom stereocenters. The highest BCUT2D eigenvalue weighted by Gasteiger charge is 2.34. The van der Waals surface area contributed by atoms with Crippen molar-refractivity contribution in [2.24, 2.45) is 11.8 Å². The number of allylic oxidation sites excluding steroid dienone is 4. The van der Waals surface area contributed by atoms with E-state index in [2.05, 4.69) is 33.8 Å². The fourth-order valence-corrected chi connectivity index (χ4v) is 3.21. The van der Waals surface area contributed by atoms with Crippen LogP contribution in [0.3, 0.4) is 0 Å². The lowest BCUT2D eigenvalue weighted by molar-refractivity contribution is -0.148. The Hall–Kier alpha value is -1.64. The van der Waals surface area contributed by atoms with Crippen LogP contribution < -0.4 is 0 Å². The molecule has 0 saturated carbocycles. The number of ketones is 1. The quantitative estimate of drug-likeness (QED) is 0.455. The van der Waals surface area contributed by atoms with Crippen LogP contribution in [0.25, 0.3) is 0 Å². The summed E-state index contributed by atoms with van der Waals surface area (Å²) in [5, 5.41) is 0. The summed E-state index contributed by atoms with van der Waals surface area (Å²) < 4.78 is 5.48. The van der Waals surface area contributed by atoms with E-state index in [0.717, 1.165) is 31.3 Å². The monoisotopic (exact) mass is 332 g/mol. The van der Waals surface area contributed by atoms with Crippen molar-refractivity contribution in [1.82, 2.24) is 0 Å². The van der Waals surface area contributed by atoms with E-state index in [9.17, 15) is 9.59 Å². The average Bonchev–Trinajstić information content (AvgIpc) is 2.46. The molecule has 0 heterocycles. The largest absolute Gasteiger partial charge is 0.461 e. The summed E-state index contributed by atoms with van der Waals surface area (Å²) in [5.74, 6) is -0.238. The molecule has 0 amide bonds. The van der Waals surface area contributed by atoms with E-state index >= 15 is 0 Å². The lowest BCUT2D eigenvalue weighted by atomic mass is 9.76. The topological polar surface area (TPSA) is 43.4 Å². The van der Waals surface area contributed by atoms with Gasteiger partial charge in [-0.1, -0.05) is 36.1 Å². The van der Waals surface area contributed by atoms with Gasteiger partial charge in [-0.05, 0) is 65.0 Å². The van der Waals surface area contributed by atoms with Crippen molar-refractivity contribution in [3.05, 3.63) is 34.9 Å². The highest BCUT2D eigenvalue weighted by atomic mass is 16.5. The van der Waals surface area contributed by atoms with Crippen LogP contribution in [-0.4, -0.2) is 18.4 Å². The Morgan fingerprint density at radius 1 is 1.29 bits per heavy atom. The van der Waals surface area contributed by atoms with E-state index in [-0.39, 0.29) is 23.6 Å². The summed E-state index contributed by atoms with van der Waals surface area (Å²) in [5.41, 5.74) is 3.40. The maximum Gasteiger partial charge on any atom is 0.313 e. The number of hydrogen-bond donors (Lipinski definition) is 0. The lowest BCUT2D eigenvalue weighted by Crippen LogP contribution is -2.32. The molecule has 0 aromatic rings. The van der Waals surface area contributed by atoms with Crippen LogP contribution in [0.1, 0.15) is 66.7 Å². The van der Waals surface area contributed by atoms with E-state index in [1.165, 1.54) is 11.1 Å². The molecule has 134 valence electrons. The zero-order valence-corrected chi connectivity index (χ0v) is 15.9. The third-order valence-corrected chi connectivity index (χ3v) is 4.48. The molecule has 1 aliphatic rings. The van der Waals surface area contributed by atoms with Crippen LogP contribution in [0, 0.1) is 11.8 Å². The molecule has 1 aliphatic carbocycles. The molecule has 1 rings (SSSR count). The van der Waals surface area contributed by atoms with Gasteiger partial charge in [-0.3, -0.25) is 9.59 Å². The number of esters is 1. The minimum Gasteiger partial charge on any atom is -0.461 e. The van der Waals surface area contributed by atoms with Gasteiger partial charge in [-0.15, -0.1) is 0 Å². The zero-order chi connectivity index (χ0) is 18.1. The summed E-state index contributed by atoms with van der Waals surface area (Å²) in [6, 6.07) is 0. The lowest BCUT2D eigenvalue weighted by Gasteiger charge is -2.28. The van der Waals surface area contributed by atoms with E-state index in [4.69, 9.17) is 4.74 Å². The van der Waals surface area contributed by atoms with E-state index in [1.54, 1.807) is 6.08 Å². The third kappa shape index (κ3) is 6.86. The Morgan fingerprint density at radius 3 is 2.62 bits per heavy atom. The second kappa shape index (κ2) is 10.3. The first-order valence-corrected chi connectivity index (χ1v) is 9.01. The Morgan fingerprint density at radius 2 is 2.00 bits per heavy atom. The molecule has 0 aromatic heterocycles. The Labute approximate surface area is 146 Å². The van der Waals surface area contributed by atoms with Gasteiger partial charge in [0.25, 0.3) is 0 Å².